The summed E-state index contributed by atoms with van der Waals surface area (Å²) in [5.74, 6) is 2.03. The Labute approximate surface area is 157 Å². The second-order valence-electron chi connectivity index (χ2n) is 6.98. The molecule has 8 nitrogen and oxygen atoms in total. The van der Waals surface area contributed by atoms with Gasteiger partial charge in [0.15, 0.2) is 11.2 Å². The molecule has 2 heterocycles. The van der Waals surface area contributed by atoms with E-state index in [1.807, 2.05) is 24.3 Å². The van der Waals surface area contributed by atoms with Crippen molar-refractivity contribution >= 4 is 17.1 Å². The van der Waals surface area contributed by atoms with E-state index in [1.54, 1.807) is 18.0 Å². The van der Waals surface area contributed by atoms with Gasteiger partial charge in [0.25, 0.3) is 0 Å². The molecule has 4 rings (SSSR count). The quantitative estimate of drug-likeness (QED) is 0.690. The van der Waals surface area contributed by atoms with E-state index < -0.39 is 0 Å². The van der Waals surface area contributed by atoms with Crippen molar-refractivity contribution in [1.82, 2.24) is 25.0 Å². The lowest BCUT2D eigenvalue weighted by molar-refractivity contribution is 0.225. The van der Waals surface area contributed by atoms with Crippen molar-refractivity contribution in [1.29, 1.82) is 0 Å². The van der Waals surface area contributed by atoms with Crippen LogP contribution >= 0.6 is 0 Å². The molecule has 0 saturated heterocycles. The van der Waals surface area contributed by atoms with Crippen LogP contribution in [0.4, 0.5) is 5.95 Å². The van der Waals surface area contributed by atoms with E-state index in [4.69, 9.17) is 9.84 Å². The molecule has 8 heteroatoms. The molecule has 2 N–H and O–H groups in total. The van der Waals surface area contributed by atoms with Gasteiger partial charge in [0, 0.05) is 12.6 Å². The van der Waals surface area contributed by atoms with E-state index in [0.717, 1.165) is 43.5 Å². The molecule has 0 radical (unpaired) electrons. The molecule has 1 aromatic carbocycles. The molecule has 0 unspecified atom stereocenters. The normalized spacial score (nSPS) is 19.9. The third-order valence-corrected chi connectivity index (χ3v) is 5.23. The van der Waals surface area contributed by atoms with Crippen molar-refractivity contribution in [2.24, 2.45) is 5.92 Å². The van der Waals surface area contributed by atoms with Crippen LogP contribution in [0.25, 0.3) is 16.9 Å². The minimum absolute atomic E-state index is 0.283. The first-order valence-corrected chi connectivity index (χ1v) is 9.37. The maximum absolute atomic E-state index is 9.09. The highest BCUT2D eigenvalue weighted by atomic mass is 16.5. The smallest absolute Gasteiger partial charge is 0.225 e. The first kappa shape index (κ1) is 17.7. The number of nitrogens with zero attached hydrogens (tertiary/aromatic N) is 5. The molecule has 0 amide bonds. The molecule has 0 aliphatic heterocycles. The zero-order chi connectivity index (χ0) is 18.6. The average Bonchev–Trinajstić information content (AvgIpc) is 3.13. The third kappa shape index (κ3) is 3.85. The van der Waals surface area contributed by atoms with Crippen molar-refractivity contribution in [2.75, 3.05) is 19.0 Å². The largest absolute Gasteiger partial charge is 0.497 e. The molecule has 0 atom stereocenters. The molecular weight excluding hydrogens is 344 g/mol. The van der Waals surface area contributed by atoms with Gasteiger partial charge >= 0.3 is 0 Å². The lowest BCUT2D eigenvalue weighted by Gasteiger charge is -2.28. The molecule has 1 saturated carbocycles. The van der Waals surface area contributed by atoms with Crippen LogP contribution in [0.3, 0.4) is 0 Å². The molecule has 3 aromatic rings. The molecular formula is C19H24N6O2. The van der Waals surface area contributed by atoms with Crippen molar-refractivity contribution < 1.29 is 9.84 Å². The summed E-state index contributed by atoms with van der Waals surface area (Å²) in [4.78, 5) is 9.04. The van der Waals surface area contributed by atoms with E-state index in [0.29, 0.717) is 29.1 Å². The Balaban J connectivity index is 1.51. The van der Waals surface area contributed by atoms with Gasteiger partial charge in [0.2, 0.25) is 5.95 Å². The van der Waals surface area contributed by atoms with Crippen molar-refractivity contribution in [3.8, 4) is 11.4 Å². The number of aliphatic hydroxyl groups excluding tert-OH is 1. The molecule has 142 valence electrons. The number of anilines is 1. The van der Waals surface area contributed by atoms with Crippen LogP contribution < -0.4 is 10.1 Å². The summed E-state index contributed by atoms with van der Waals surface area (Å²) >= 11 is 0. The fourth-order valence-corrected chi connectivity index (χ4v) is 3.66. The Morgan fingerprint density at radius 3 is 2.67 bits per heavy atom. The number of benzene rings is 1. The molecule has 1 fully saturated rings. The number of hydrogen-bond acceptors (Lipinski definition) is 7. The van der Waals surface area contributed by atoms with Crippen LogP contribution in [0.15, 0.2) is 30.5 Å². The van der Waals surface area contributed by atoms with Crippen LogP contribution in [-0.4, -0.2) is 49.8 Å². The highest BCUT2D eigenvalue weighted by Crippen LogP contribution is 2.28. The number of methoxy groups -OCH3 is 1. The van der Waals surface area contributed by atoms with Gasteiger partial charge < -0.3 is 15.2 Å². The number of ether oxygens (including phenoxy) is 1. The molecule has 0 bridgehead atoms. The lowest BCUT2D eigenvalue weighted by Crippen LogP contribution is -2.27. The Morgan fingerprint density at radius 1 is 1.19 bits per heavy atom. The van der Waals surface area contributed by atoms with Crippen LogP contribution in [0.2, 0.25) is 0 Å². The summed E-state index contributed by atoms with van der Waals surface area (Å²) in [6.07, 6.45) is 7.01. The van der Waals surface area contributed by atoms with Crippen LogP contribution in [0.5, 0.6) is 5.75 Å². The number of aromatic nitrogens is 5. The minimum atomic E-state index is 0.283. The Kier molecular flexibility index (Phi) is 5.15. The second-order valence-corrected chi connectivity index (χ2v) is 6.98. The minimum Gasteiger partial charge on any atom is -0.497 e. The molecule has 1 aliphatic rings. The highest BCUT2D eigenvalue weighted by Gasteiger charge is 2.21. The predicted molar refractivity (Wildman–Crippen MR) is 102 cm³/mol. The van der Waals surface area contributed by atoms with Gasteiger partial charge in [0.1, 0.15) is 5.75 Å². The third-order valence-electron chi connectivity index (χ3n) is 5.23. The summed E-state index contributed by atoms with van der Waals surface area (Å²) < 4.78 is 6.91. The predicted octanol–water partition coefficient (Wildman–Crippen LogP) is 2.57. The van der Waals surface area contributed by atoms with Crippen molar-refractivity contribution in [2.45, 2.75) is 38.1 Å². The van der Waals surface area contributed by atoms with Crippen LogP contribution in [-0.2, 0) is 0 Å². The second kappa shape index (κ2) is 7.87. The van der Waals surface area contributed by atoms with E-state index >= 15 is 0 Å². The Morgan fingerprint density at radius 2 is 1.96 bits per heavy atom. The van der Waals surface area contributed by atoms with Gasteiger partial charge in [-0.3, -0.25) is 0 Å². The van der Waals surface area contributed by atoms with Crippen LogP contribution in [0.1, 0.15) is 32.1 Å². The van der Waals surface area contributed by atoms with E-state index in [2.05, 4.69) is 25.6 Å². The van der Waals surface area contributed by atoms with E-state index in [1.165, 1.54) is 0 Å². The van der Waals surface area contributed by atoms with Gasteiger partial charge in [-0.15, -0.1) is 5.10 Å². The summed E-state index contributed by atoms with van der Waals surface area (Å²) in [6, 6.07) is 7.97. The Hall–Kier alpha value is -2.74. The maximum Gasteiger partial charge on any atom is 0.225 e. The van der Waals surface area contributed by atoms with Gasteiger partial charge in [-0.25, -0.2) is 4.98 Å². The summed E-state index contributed by atoms with van der Waals surface area (Å²) in [5.41, 5.74) is 2.20. The molecule has 0 spiro atoms. The van der Waals surface area contributed by atoms with Gasteiger partial charge in [-0.2, -0.15) is 9.67 Å². The van der Waals surface area contributed by atoms with Crippen molar-refractivity contribution in [3.63, 3.8) is 0 Å². The van der Waals surface area contributed by atoms with Gasteiger partial charge in [0.05, 0.1) is 19.0 Å². The fraction of sp³-hybridized carbons (Fsp3) is 0.474. The van der Waals surface area contributed by atoms with E-state index in [-0.39, 0.29) is 6.61 Å². The number of rotatable bonds is 6. The molecule has 1 aliphatic carbocycles. The molecule has 2 aromatic heterocycles. The van der Waals surface area contributed by atoms with Crippen LogP contribution in [0, 0.1) is 5.92 Å². The highest BCUT2D eigenvalue weighted by molar-refractivity contribution is 5.72. The first-order chi connectivity index (χ1) is 13.3. The maximum atomic E-state index is 9.09. The Bertz CT molecular complexity index is 887. The van der Waals surface area contributed by atoms with E-state index in [9.17, 15) is 0 Å². The summed E-state index contributed by atoms with van der Waals surface area (Å²) in [6.45, 7) is 0.283. The number of fused-ring (bicyclic) bond motifs is 1. The standard InChI is InChI=1S/C19H24N6O2/c1-27-16-8-6-15(7-9-16)25-18-17(23-24-25)12-20-19(22-18)21-14-4-2-13(3-5-14)10-11-26/h6-9,12-14,26H,2-5,10-11H2,1H3,(H,20,21,22). The zero-order valence-corrected chi connectivity index (χ0v) is 15.4. The molecule has 27 heavy (non-hydrogen) atoms. The first-order valence-electron chi connectivity index (χ1n) is 9.37. The van der Waals surface area contributed by atoms with Crippen molar-refractivity contribution in [3.05, 3.63) is 30.5 Å². The number of nitrogens with one attached hydrogen (secondary N) is 1. The van der Waals surface area contributed by atoms with Gasteiger partial charge in [-0.1, -0.05) is 5.21 Å². The topological polar surface area (TPSA) is 98.0 Å². The monoisotopic (exact) mass is 368 g/mol. The SMILES string of the molecule is COc1ccc(-n2nnc3cnc(NC4CCC(CCO)CC4)nc32)cc1. The summed E-state index contributed by atoms with van der Waals surface area (Å²) in [5, 5.41) is 20.9. The lowest BCUT2D eigenvalue weighted by atomic mass is 9.84. The average molecular weight is 368 g/mol. The van der Waals surface area contributed by atoms with Gasteiger partial charge in [-0.05, 0) is 62.3 Å². The fourth-order valence-electron chi connectivity index (χ4n) is 3.66. The zero-order valence-electron chi connectivity index (χ0n) is 15.4. The summed E-state index contributed by atoms with van der Waals surface area (Å²) in [7, 11) is 1.64. The number of aliphatic hydroxyl groups is 1. The number of hydrogen-bond donors (Lipinski definition) is 2.